The second-order valence-corrected chi connectivity index (χ2v) is 11.2. The Kier molecular flexibility index (Phi) is 15.4. The average molecular weight is 547 g/mol. The van der Waals surface area contributed by atoms with E-state index in [0.717, 1.165) is 41.8 Å². The van der Waals surface area contributed by atoms with Gasteiger partial charge in [0.05, 0.1) is 0 Å². The number of ether oxygens (including phenoxy) is 1. The molecular weight excluding hydrogens is 495 g/mol. The van der Waals surface area contributed by atoms with Crippen molar-refractivity contribution in [1.29, 1.82) is 0 Å². The molecule has 0 aliphatic rings. The molecule has 0 saturated carbocycles. The Bertz CT molecular complexity index is 1030. The van der Waals surface area contributed by atoms with Crippen LogP contribution in [0.25, 0.3) is 22.5 Å². The van der Waals surface area contributed by atoms with Gasteiger partial charge in [-0.2, -0.15) is 0 Å². The van der Waals surface area contributed by atoms with Gasteiger partial charge >= 0.3 is 0 Å². The molecule has 3 rings (SSSR count). The zero-order valence-electron chi connectivity index (χ0n) is 25.1. The van der Waals surface area contributed by atoms with Crippen LogP contribution in [0.4, 0.5) is 4.39 Å². The van der Waals surface area contributed by atoms with Crippen molar-refractivity contribution in [2.24, 2.45) is 0 Å². The van der Waals surface area contributed by atoms with Crippen LogP contribution >= 0.6 is 0 Å². The maximum absolute atomic E-state index is 14.3. The molecule has 0 fully saturated rings. The van der Waals surface area contributed by atoms with E-state index in [4.69, 9.17) is 4.74 Å². The molecule has 218 valence electrons. The van der Waals surface area contributed by atoms with Crippen LogP contribution in [-0.4, -0.2) is 22.7 Å². The summed E-state index contributed by atoms with van der Waals surface area (Å²) in [7, 11) is 0. The highest BCUT2D eigenvalue weighted by molar-refractivity contribution is 5.64. The van der Waals surface area contributed by atoms with Crippen LogP contribution in [0.1, 0.15) is 116 Å². The van der Waals surface area contributed by atoms with Crippen molar-refractivity contribution in [3.63, 3.8) is 0 Å². The van der Waals surface area contributed by atoms with Crippen LogP contribution in [-0.2, 0) is 6.42 Å². The average Bonchev–Trinajstić information content (AvgIpc) is 3.00. The molecule has 1 heterocycles. The van der Waals surface area contributed by atoms with Gasteiger partial charge in [-0.25, -0.2) is 14.4 Å². The summed E-state index contributed by atoms with van der Waals surface area (Å²) in [5.74, 6) is 1.43. The summed E-state index contributed by atoms with van der Waals surface area (Å²) in [5.41, 5.74) is 4.39. The lowest BCUT2D eigenvalue weighted by molar-refractivity contribution is 0.184. The first-order chi connectivity index (χ1) is 19.7. The van der Waals surface area contributed by atoms with Crippen LogP contribution in [0.3, 0.4) is 0 Å². The lowest BCUT2D eigenvalue weighted by Gasteiger charge is -2.11. The number of hydrogen-bond donors (Lipinski definition) is 0. The number of halogens is 1. The maximum atomic E-state index is 14.3. The second kappa shape index (κ2) is 19.3. The largest absolute Gasteiger partial charge is 0.491 e. The predicted octanol–water partition coefficient (Wildman–Crippen LogP) is 11.0. The minimum Gasteiger partial charge on any atom is -0.491 e. The van der Waals surface area contributed by atoms with E-state index >= 15 is 0 Å². The van der Waals surface area contributed by atoms with E-state index in [9.17, 15) is 4.39 Å². The number of alkyl halides is 1. The molecule has 0 amide bonds. The molecule has 4 heteroatoms. The van der Waals surface area contributed by atoms with Gasteiger partial charge in [-0.3, -0.25) is 0 Å². The first-order valence-corrected chi connectivity index (χ1v) is 16.0. The minimum absolute atomic E-state index is 0.116. The summed E-state index contributed by atoms with van der Waals surface area (Å²) in [6.45, 7) is 4.61. The van der Waals surface area contributed by atoms with Crippen LogP contribution in [0.2, 0.25) is 0 Å². The third-order valence-corrected chi connectivity index (χ3v) is 7.67. The summed E-state index contributed by atoms with van der Waals surface area (Å²) < 4.78 is 20.0. The molecule has 3 aromatic rings. The van der Waals surface area contributed by atoms with Crippen molar-refractivity contribution in [1.82, 2.24) is 9.97 Å². The monoisotopic (exact) mass is 546 g/mol. The van der Waals surface area contributed by atoms with Crippen LogP contribution < -0.4 is 4.74 Å². The zero-order chi connectivity index (χ0) is 28.3. The Hall–Kier alpha value is -2.75. The van der Waals surface area contributed by atoms with Gasteiger partial charge in [0.1, 0.15) is 18.5 Å². The molecule has 1 unspecified atom stereocenters. The number of aryl methyl sites for hydroxylation is 1. The number of rotatable bonds is 21. The van der Waals surface area contributed by atoms with Crippen LogP contribution in [0.5, 0.6) is 5.75 Å². The van der Waals surface area contributed by atoms with Crippen molar-refractivity contribution >= 4 is 0 Å². The molecule has 1 atom stereocenters. The highest BCUT2D eigenvalue weighted by Gasteiger charge is 2.09. The molecule has 40 heavy (non-hydrogen) atoms. The topological polar surface area (TPSA) is 35.0 Å². The second-order valence-electron chi connectivity index (χ2n) is 11.2. The van der Waals surface area contributed by atoms with Crippen LogP contribution in [0.15, 0.2) is 60.9 Å². The smallest absolute Gasteiger partial charge is 0.159 e. The molecule has 0 spiro atoms. The SMILES string of the molecule is CCCCCCCCCCC(F)COc1ccc(-c2cnc(-c3ccc(CCCCCCCC)cc3)nc2)cc1. The maximum Gasteiger partial charge on any atom is 0.159 e. The van der Waals surface area contributed by atoms with Gasteiger partial charge in [0.15, 0.2) is 5.82 Å². The Labute approximate surface area is 243 Å². The Morgan fingerprint density at radius 1 is 0.600 bits per heavy atom. The first kappa shape index (κ1) is 31.8. The van der Waals surface area contributed by atoms with Gasteiger partial charge in [-0.05, 0) is 42.5 Å². The van der Waals surface area contributed by atoms with Gasteiger partial charge in [0.2, 0.25) is 0 Å². The molecule has 0 aliphatic carbocycles. The van der Waals surface area contributed by atoms with E-state index in [2.05, 4.69) is 48.1 Å². The predicted molar refractivity (Wildman–Crippen MR) is 168 cm³/mol. The van der Waals surface area contributed by atoms with Crippen molar-refractivity contribution in [2.75, 3.05) is 6.61 Å². The molecule has 0 radical (unpaired) electrons. The van der Waals surface area contributed by atoms with E-state index in [0.29, 0.717) is 12.2 Å². The third kappa shape index (κ3) is 12.2. The molecule has 0 bridgehead atoms. The molecule has 2 aromatic carbocycles. The summed E-state index contributed by atoms with van der Waals surface area (Å²) in [6, 6.07) is 16.4. The van der Waals surface area contributed by atoms with Crippen molar-refractivity contribution < 1.29 is 9.13 Å². The molecule has 1 aromatic heterocycles. The fourth-order valence-corrected chi connectivity index (χ4v) is 5.07. The Balaban J connectivity index is 1.37. The van der Waals surface area contributed by atoms with Gasteiger partial charge < -0.3 is 4.74 Å². The number of nitrogens with zero attached hydrogens (tertiary/aromatic N) is 2. The van der Waals surface area contributed by atoms with Gasteiger partial charge in [-0.1, -0.05) is 134 Å². The molecular formula is C36H51FN2O. The summed E-state index contributed by atoms with van der Waals surface area (Å²) in [6.07, 6.45) is 22.3. The number of aromatic nitrogens is 2. The van der Waals surface area contributed by atoms with Gasteiger partial charge in [-0.15, -0.1) is 0 Å². The van der Waals surface area contributed by atoms with E-state index in [1.165, 1.54) is 82.6 Å². The standard InChI is InChI=1S/C36H51FN2O/c1-3-5-7-9-11-12-14-16-18-34(37)29-40-35-25-23-31(24-26-35)33-27-38-36(39-28-33)32-21-19-30(20-22-32)17-15-13-10-8-6-4-2/h19-28,34H,3-18,29H2,1-2H3. The van der Waals surface area contributed by atoms with Crippen molar-refractivity contribution in [2.45, 2.75) is 123 Å². The molecule has 0 aliphatic heterocycles. The van der Waals surface area contributed by atoms with Crippen molar-refractivity contribution in [3.8, 4) is 28.3 Å². The molecule has 0 N–H and O–H groups in total. The lowest BCUT2D eigenvalue weighted by Crippen LogP contribution is -2.12. The Morgan fingerprint density at radius 2 is 1.12 bits per heavy atom. The summed E-state index contributed by atoms with van der Waals surface area (Å²) >= 11 is 0. The van der Waals surface area contributed by atoms with Crippen molar-refractivity contribution in [3.05, 3.63) is 66.5 Å². The normalized spacial score (nSPS) is 12.0. The quantitative estimate of drug-likeness (QED) is 0.125. The Morgan fingerprint density at radius 3 is 1.73 bits per heavy atom. The fourth-order valence-electron chi connectivity index (χ4n) is 5.07. The number of hydrogen-bond acceptors (Lipinski definition) is 3. The number of unbranched alkanes of at least 4 members (excludes halogenated alkanes) is 12. The summed E-state index contributed by atoms with van der Waals surface area (Å²) in [5, 5.41) is 0. The number of benzene rings is 2. The van der Waals surface area contributed by atoms with E-state index in [-0.39, 0.29) is 6.61 Å². The van der Waals surface area contributed by atoms with E-state index in [1.54, 1.807) is 0 Å². The van der Waals surface area contributed by atoms with Crippen LogP contribution in [0, 0.1) is 0 Å². The van der Waals surface area contributed by atoms with E-state index in [1.807, 2.05) is 36.7 Å². The summed E-state index contributed by atoms with van der Waals surface area (Å²) in [4.78, 5) is 9.22. The minimum atomic E-state index is -0.912. The lowest BCUT2D eigenvalue weighted by atomic mass is 10.0. The third-order valence-electron chi connectivity index (χ3n) is 7.67. The highest BCUT2D eigenvalue weighted by atomic mass is 19.1. The highest BCUT2D eigenvalue weighted by Crippen LogP contribution is 2.24. The van der Waals surface area contributed by atoms with E-state index < -0.39 is 6.17 Å². The van der Waals surface area contributed by atoms with Gasteiger partial charge in [0, 0.05) is 23.5 Å². The zero-order valence-corrected chi connectivity index (χ0v) is 25.1. The molecule has 0 saturated heterocycles. The fraction of sp³-hybridized carbons (Fsp3) is 0.556. The van der Waals surface area contributed by atoms with Gasteiger partial charge in [0.25, 0.3) is 0 Å². The first-order valence-electron chi connectivity index (χ1n) is 16.0. The molecule has 3 nitrogen and oxygen atoms in total.